The molecule has 1 aliphatic carbocycles. The van der Waals surface area contributed by atoms with Crippen LogP contribution in [0.2, 0.25) is 0 Å². The average molecular weight is 225 g/mol. The van der Waals surface area contributed by atoms with E-state index in [1.807, 2.05) is 13.8 Å². The molecule has 2 N–H and O–H groups in total. The summed E-state index contributed by atoms with van der Waals surface area (Å²) in [6.07, 6.45) is 6.29. The lowest BCUT2D eigenvalue weighted by molar-refractivity contribution is 0.164. The minimum atomic E-state index is 0.687. The molecule has 1 rings (SSSR count). The quantitative estimate of drug-likeness (QED) is 0.724. The highest BCUT2D eigenvalue weighted by molar-refractivity contribution is 5.27. The Hall–Kier alpha value is -0.960. The average Bonchev–Trinajstić information content (AvgIpc) is 2.30. The summed E-state index contributed by atoms with van der Waals surface area (Å²) in [6.45, 7) is 6.15. The third-order valence-corrected chi connectivity index (χ3v) is 2.60. The summed E-state index contributed by atoms with van der Waals surface area (Å²) < 4.78 is 11.2. The van der Waals surface area contributed by atoms with Gasteiger partial charge in [0.1, 0.15) is 5.76 Å². The number of nitrogens with two attached hydrogens (primary N) is 1. The standard InChI is InChI=1S/C13H23NO2/c1-3-15-12-8-7-11(6-5-9-14)10-13(12)16-4-2/h10H,3-9,14H2,1-2H3. The van der Waals surface area contributed by atoms with E-state index >= 15 is 0 Å². The molecule has 3 heteroatoms. The van der Waals surface area contributed by atoms with Crippen molar-refractivity contribution in [2.75, 3.05) is 19.8 Å². The molecule has 0 unspecified atom stereocenters. The second-order valence-electron chi connectivity index (χ2n) is 3.85. The van der Waals surface area contributed by atoms with Crippen LogP contribution in [0.4, 0.5) is 0 Å². The number of ether oxygens (including phenoxy) is 2. The maximum Gasteiger partial charge on any atom is 0.156 e. The smallest absolute Gasteiger partial charge is 0.156 e. The van der Waals surface area contributed by atoms with E-state index in [1.54, 1.807) is 0 Å². The van der Waals surface area contributed by atoms with Crippen LogP contribution in [0.25, 0.3) is 0 Å². The molecule has 0 spiro atoms. The van der Waals surface area contributed by atoms with Crippen LogP contribution in [0.1, 0.15) is 39.5 Å². The molecule has 0 aromatic carbocycles. The van der Waals surface area contributed by atoms with Crippen molar-refractivity contribution >= 4 is 0 Å². The van der Waals surface area contributed by atoms with Crippen molar-refractivity contribution in [1.29, 1.82) is 0 Å². The van der Waals surface area contributed by atoms with Crippen LogP contribution in [0.3, 0.4) is 0 Å². The van der Waals surface area contributed by atoms with Crippen LogP contribution in [-0.4, -0.2) is 19.8 Å². The molecule has 0 saturated heterocycles. The molecule has 92 valence electrons. The molecule has 0 saturated carbocycles. The Labute approximate surface area is 98.3 Å². The van der Waals surface area contributed by atoms with Gasteiger partial charge in [-0.25, -0.2) is 0 Å². The molecule has 1 aliphatic rings. The van der Waals surface area contributed by atoms with Crippen LogP contribution < -0.4 is 5.73 Å². The van der Waals surface area contributed by atoms with Gasteiger partial charge in [0.05, 0.1) is 13.2 Å². The molecule has 0 heterocycles. The normalized spacial score (nSPS) is 16.1. The van der Waals surface area contributed by atoms with E-state index in [-0.39, 0.29) is 0 Å². The van der Waals surface area contributed by atoms with E-state index in [1.165, 1.54) is 5.57 Å². The summed E-state index contributed by atoms with van der Waals surface area (Å²) in [6, 6.07) is 0. The number of allylic oxidation sites excluding steroid dienone is 3. The SMILES string of the molecule is CCOC1=C(OCC)CCC(CCCN)=C1. The Bertz CT molecular complexity index is 269. The van der Waals surface area contributed by atoms with Crippen LogP contribution in [0, 0.1) is 0 Å². The summed E-state index contributed by atoms with van der Waals surface area (Å²) >= 11 is 0. The van der Waals surface area contributed by atoms with Gasteiger partial charge in [-0.1, -0.05) is 5.57 Å². The van der Waals surface area contributed by atoms with Gasteiger partial charge in [-0.15, -0.1) is 0 Å². The Balaban J connectivity index is 2.67. The van der Waals surface area contributed by atoms with E-state index in [0.29, 0.717) is 13.2 Å². The molecule has 0 bridgehead atoms. The van der Waals surface area contributed by atoms with Crippen molar-refractivity contribution < 1.29 is 9.47 Å². The predicted molar refractivity (Wildman–Crippen MR) is 65.9 cm³/mol. The van der Waals surface area contributed by atoms with E-state index in [9.17, 15) is 0 Å². The molecule has 0 atom stereocenters. The second kappa shape index (κ2) is 7.34. The molecule has 0 amide bonds. The third kappa shape index (κ3) is 3.89. The number of rotatable bonds is 7. The molecular weight excluding hydrogens is 202 g/mol. The van der Waals surface area contributed by atoms with Crippen LogP contribution in [-0.2, 0) is 9.47 Å². The molecule has 0 aromatic rings. The largest absolute Gasteiger partial charge is 0.494 e. The maximum absolute atomic E-state index is 5.61. The van der Waals surface area contributed by atoms with Crippen LogP contribution in [0.5, 0.6) is 0 Å². The van der Waals surface area contributed by atoms with Gasteiger partial charge in [0.2, 0.25) is 0 Å². The van der Waals surface area contributed by atoms with E-state index in [4.69, 9.17) is 15.2 Å². The minimum absolute atomic E-state index is 0.687. The van der Waals surface area contributed by atoms with E-state index in [2.05, 4.69) is 6.08 Å². The van der Waals surface area contributed by atoms with Gasteiger partial charge in [0.15, 0.2) is 5.76 Å². The predicted octanol–water partition coefficient (Wildman–Crippen LogP) is 2.73. The first kappa shape index (κ1) is 13.1. The zero-order valence-corrected chi connectivity index (χ0v) is 10.4. The zero-order valence-electron chi connectivity index (χ0n) is 10.4. The van der Waals surface area contributed by atoms with Crippen molar-refractivity contribution in [3.05, 3.63) is 23.2 Å². The molecule has 0 aliphatic heterocycles. The summed E-state index contributed by atoms with van der Waals surface area (Å²) in [5.41, 5.74) is 6.95. The van der Waals surface area contributed by atoms with Gasteiger partial charge >= 0.3 is 0 Å². The van der Waals surface area contributed by atoms with Gasteiger partial charge in [-0.05, 0) is 45.7 Å². The summed E-state index contributed by atoms with van der Waals surface area (Å²) in [7, 11) is 0. The van der Waals surface area contributed by atoms with Crippen molar-refractivity contribution in [1.82, 2.24) is 0 Å². The number of hydrogen-bond acceptors (Lipinski definition) is 3. The van der Waals surface area contributed by atoms with Gasteiger partial charge < -0.3 is 15.2 Å². The lowest BCUT2D eigenvalue weighted by Crippen LogP contribution is -2.07. The molecule has 16 heavy (non-hydrogen) atoms. The molecule has 0 fully saturated rings. The zero-order chi connectivity index (χ0) is 11.8. The molecule has 0 radical (unpaired) electrons. The summed E-state index contributed by atoms with van der Waals surface area (Å²) in [5, 5.41) is 0. The van der Waals surface area contributed by atoms with Crippen molar-refractivity contribution in [3.63, 3.8) is 0 Å². The first-order chi connectivity index (χ1) is 7.81. The minimum Gasteiger partial charge on any atom is -0.494 e. The topological polar surface area (TPSA) is 44.5 Å². The van der Waals surface area contributed by atoms with Crippen molar-refractivity contribution in [3.8, 4) is 0 Å². The Morgan fingerprint density at radius 3 is 2.56 bits per heavy atom. The Kier molecular flexibility index (Phi) is 6.01. The molecule has 0 aromatic heterocycles. The first-order valence-corrected chi connectivity index (χ1v) is 6.20. The number of hydrogen-bond donors (Lipinski definition) is 1. The third-order valence-electron chi connectivity index (χ3n) is 2.60. The van der Waals surface area contributed by atoms with Gasteiger partial charge in [-0.2, -0.15) is 0 Å². The van der Waals surface area contributed by atoms with Gasteiger partial charge in [0, 0.05) is 6.42 Å². The van der Waals surface area contributed by atoms with E-state index in [0.717, 1.165) is 43.7 Å². The van der Waals surface area contributed by atoms with Gasteiger partial charge in [-0.3, -0.25) is 0 Å². The monoisotopic (exact) mass is 225 g/mol. The molecular formula is C13H23NO2. The maximum atomic E-state index is 5.61. The highest BCUT2D eigenvalue weighted by atomic mass is 16.5. The Morgan fingerprint density at radius 1 is 1.19 bits per heavy atom. The molecule has 3 nitrogen and oxygen atoms in total. The summed E-state index contributed by atoms with van der Waals surface area (Å²) in [4.78, 5) is 0. The summed E-state index contributed by atoms with van der Waals surface area (Å²) in [5.74, 6) is 1.92. The van der Waals surface area contributed by atoms with Crippen LogP contribution >= 0.6 is 0 Å². The second-order valence-corrected chi connectivity index (χ2v) is 3.85. The fourth-order valence-corrected chi connectivity index (χ4v) is 1.86. The highest BCUT2D eigenvalue weighted by Gasteiger charge is 2.15. The van der Waals surface area contributed by atoms with Crippen molar-refractivity contribution in [2.45, 2.75) is 39.5 Å². The van der Waals surface area contributed by atoms with Crippen molar-refractivity contribution in [2.24, 2.45) is 5.73 Å². The van der Waals surface area contributed by atoms with Gasteiger partial charge in [0.25, 0.3) is 0 Å². The first-order valence-electron chi connectivity index (χ1n) is 6.20. The fourth-order valence-electron chi connectivity index (χ4n) is 1.86. The van der Waals surface area contributed by atoms with E-state index < -0.39 is 0 Å². The lowest BCUT2D eigenvalue weighted by atomic mass is 9.98. The van der Waals surface area contributed by atoms with Crippen LogP contribution in [0.15, 0.2) is 23.2 Å². The lowest BCUT2D eigenvalue weighted by Gasteiger charge is -2.20. The fraction of sp³-hybridized carbons (Fsp3) is 0.692. The highest BCUT2D eigenvalue weighted by Crippen LogP contribution is 2.27. The Morgan fingerprint density at radius 2 is 1.94 bits per heavy atom.